The zero-order valence-corrected chi connectivity index (χ0v) is 15.3. The van der Waals surface area contributed by atoms with E-state index in [4.69, 9.17) is 4.74 Å². The monoisotopic (exact) mass is 351 g/mol. The number of methoxy groups -OCH3 is 1. The Balaban J connectivity index is 1.96. The molecule has 0 unspecified atom stereocenters. The van der Waals surface area contributed by atoms with Crippen molar-refractivity contribution in [2.45, 2.75) is 20.4 Å². The molecule has 0 aliphatic rings. The molecule has 6 heteroatoms. The van der Waals surface area contributed by atoms with E-state index in [0.717, 1.165) is 28.0 Å². The fourth-order valence-corrected chi connectivity index (χ4v) is 3.11. The molecular weight excluding hydrogens is 330 g/mol. The lowest BCUT2D eigenvalue weighted by atomic mass is 10.1. The van der Waals surface area contributed by atoms with Crippen LogP contribution in [0.5, 0.6) is 5.75 Å². The van der Waals surface area contributed by atoms with Crippen LogP contribution in [0.25, 0.3) is 10.9 Å². The molecule has 3 rings (SSSR count). The van der Waals surface area contributed by atoms with Crippen LogP contribution in [0.1, 0.15) is 27.2 Å². The second-order valence-electron chi connectivity index (χ2n) is 6.30. The number of nitrogens with one attached hydrogen (secondary N) is 1. The number of benzene rings is 1. The lowest BCUT2D eigenvalue weighted by molar-refractivity contribution is 0.0785. The zero-order valence-electron chi connectivity index (χ0n) is 15.3. The minimum absolute atomic E-state index is 0.229. The molecule has 0 spiro atoms. The van der Waals surface area contributed by atoms with Gasteiger partial charge in [-0.15, -0.1) is 0 Å². The van der Waals surface area contributed by atoms with Gasteiger partial charge in [-0.25, -0.2) is 0 Å². The van der Waals surface area contributed by atoms with E-state index in [1.165, 1.54) is 6.07 Å². The summed E-state index contributed by atoms with van der Waals surface area (Å²) in [6.07, 6.45) is 1.74. The van der Waals surface area contributed by atoms with Crippen molar-refractivity contribution in [2.24, 2.45) is 0 Å². The lowest BCUT2D eigenvalue weighted by Gasteiger charge is -2.20. The molecule has 1 N–H and O–H groups in total. The van der Waals surface area contributed by atoms with Crippen LogP contribution in [0, 0.1) is 13.8 Å². The average Bonchev–Trinajstić information content (AvgIpc) is 2.63. The molecular formula is C20H21N3O3. The largest absolute Gasteiger partial charge is 0.496 e. The van der Waals surface area contributed by atoms with Crippen molar-refractivity contribution in [1.82, 2.24) is 14.9 Å². The Bertz CT molecular complexity index is 1040. The second kappa shape index (κ2) is 7.00. The molecule has 3 aromatic rings. The molecule has 6 nitrogen and oxygen atoms in total. The van der Waals surface area contributed by atoms with E-state index in [9.17, 15) is 9.59 Å². The number of hydrogen-bond acceptors (Lipinski definition) is 4. The van der Waals surface area contributed by atoms with Gasteiger partial charge in [0, 0.05) is 41.3 Å². The van der Waals surface area contributed by atoms with Gasteiger partial charge in [0.25, 0.3) is 5.91 Å². The summed E-state index contributed by atoms with van der Waals surface area (Å²) in [5.74, 6) is 0.547. The highest BCUT2D eigenvalue weighted by Crippen LogP contribution is 2.25. The van der Waals surface area contributed by atoms with Crippen LogP contribution in [0.4, 0.5) is 0 Å². The van der Waals surface area contributed by atoms with E-state index in [1.54, 1.807) is 31.3 Å². The number of H-pyrrole nitrogens is 1. The summed E-state index contributed by atoms with van der Waals surface area (Å²) in [6.45, 7) is 4.18. The number of aryl methyl sites for hydroxylation is 1. The SMILES string of the molecule is COc1c(C)cnc(CN(C)C(=O)c2cc(=O)[nH]c3ccccc23)c1C. The number of carbonyl (C=O) groups excluding carboxylic acids is 1. The van der Waals surface area contributed by atoms with Gasteiger partial charge in [0.05, 0.1) is 24.9 Å². The fourth-order valence-electron chi connectivity index (χ4n) is 3.11. The van der Waals surface area contributed by atoms with Crippen molar-refractivity contribution >= 4 is 16.8 Å². The van der Waals surface area contributed by atoms with Crippen molar-refractivity contribution in [3.05, 3.63) is 69.3 Å². The van der Waals surface area contributed by atoms with Crippen LogP contribution in [-0.2, 0) is 6.54 Å². The molecule has 26 heavy (non-hydrogen) atoms. The number of nitrogens with zero attached hydrogens (tertiary/aromatic N) is 2. The number of aromatic nitrogens is 2. The predicted octanol–water partition coefficient (Wildman–Crippen LogP) is 2.82. The number of fused-ring (bicyclic) bond motifs is 1. The maximum atomic E-state index is 13.0. The standard InChI is InChI=1S/C20H21N3O3/c1-12-10-21-17(13(2)19(12)26-4)11-23(3)20(25)15-9-18(24)22-16-8-6-5-7-14(15)16/h5-10H,11H2,1-4H3,(H,22,24). The van der Waals surface area contributed by atoms with Gasteiger partial charge in [0.2, 0.25) is 5.56 Å². The molecule has 0 radical (unpaired) electrons. The second-order valence-corrected chi connectivity index (χ2v) is 6.30. The first-order valence-corrected chi connectivity index (χ1v) is 8.29. The van der Waals surface area contributed by atoms with E-state index < -0.39 is 0 Å². The number of amides is 1. The maximum Gasteiger partial charge on any atom is 0.254 e. The summed E-state index contributed by atoms with van der Waals surface area (Å²) < 4.78 is 5.43. The third kappa shape index (κ3) is 3.18. The molecule has 0 aliphatic carbocycles. The molecule has 0 saturated carbocycles. The average molecular weight is 351 g/mol. The number of pyridine rings is 2. The van der Waals surface area contributed by atoms with Crippen molar-refractivity contribution in [3.63, 3.8) is 0 Å². The van der Waals surface area contributed by atoms with E-state index in [-0.39, 0.29) is 11.5 Å². The first-order chi connectivity index (χ1) is 12.4. The topological polar surface area (TPSA) is 75.3 Å². The molecule has 0 saturated heterocycles. The van der Waals surface area contributed by atoms with Crippen LogP contribution in [-0.4, -0.2) is 34.9 Å². The van der Waals surface area contributed by atoms with Crippen LogP contribution >= 0.6 is 0 Å². The molecule has 134 valence electrons. The minimum atomic E-state index is -0.299. The number of rotatable bonds is 4. The van der Waals surface area contributed by atoms with Gasteiger partial charge in [0.1, 0.15) is 5.75 Å². The van der Waals surface area contributed by atoms with Crippen LogP contribution in [0.3, 0.4) is 0 Å². The van der Waals surface area contributed by atoms with E-state index >= 15 is 0 Å². The van der Waals surface area contributed by atoms with Gasteiger partial charge >= 0.3 is 0 Å². The molecule has 0 atom stereocenters. The Labute approximate surface area is 151 Å². The van der Waals surface area contributed by atoms with Gasteiger partial charge in [0.15, 0.2) is 0 Å². The predicted molar refractivity (Wildman–Crippen MR) is 101 cm³/mol. The maximum absolute atomic E-state index is 13.0. The fraction of sp³-hybridized carbons (Fsp3) is 0.250. The molecule has 2 heterocycles. The van der Waals surface area contributed by atoms with Crippen LogP contribution < -0.4 is 10.3 Å². The number of ether oxygens (including phenoxy) is 1. The first-order valence-electron chi connectivity index (χ1n) is 8.29. The third-order valence-corrected chi connectivity index (χ3v) is 4.46. The van der Waals surface area contributed by atoms with Gasteiger partial charge in [-0.1, -0.05) is 18.2 Å². The molecule has 0 fully saturated rings. The quantitative estimate of drug-likeness (QED) is 0.784. The van der Waals surface area contributed by atoms with Crippen molar-refractivity contribution in [3.8, 4) is 5.75 Å². The van der Waals surface area contributed by atoms with Crippen molar-refractivity contribution in [1.29, 1.82) is 0 Å². The van der Waals surface area contributed by atoms with Gasteiger partial charge < -0.3 is 14.6 Å². The number of para-hydroxylation sites is 1. The van der Waals surface area contributed by atoms with E-state index in [1.807, 2.05) is 32.0 Å². The Morgan fingerprint density at radius 3 is 2.73 bits per heavy atom. The smallest absolute Gasteiger partial charge is 0.254 e. The highest BCUT2D eigenvalue weighted by Gasteiger charge is 2.18. The summed E-state index contributed by atoms with van der Waals surface area (Å²) in [6, 6.07) is 8.61. The van der Waals surface area contributed by atoms with Crippen LogP contribution in [0.2, 0.25) is 0 Å². The Morgan fingerprint density at radius 1 is 1.27 bits per heavy atom. The highest BCUT2D eigenvalue weighted by atomic mass is 16.5. The van der Waals surface area contributed by atoms with Crippen LogP contribution in [0.15, 0.2) is 41.3 Å². The molecule has 2 aromatic heterocycles. The zero-order chi connectivity index (χ0) is 18.8. The Kier molecular flexibility index (Phi) is 4.75. The van der Waals surface area contributed by atoms with E-state index in [2.05, 4.69) is 9.97 Å². The Morgan fingerprint density at radius 2 is 2.00 bits per heavy atom. The third-order valence-electron chi connectivity index (χ3n) is 4.46. The van der Waals surface area contributed by atoms with Gasteiger partial charge in [-0.2, -0.15) is 0 Å². The summed E-state index contributed by atoms with van der Waals surface area (Å²) in [4.78, 5) is 33.6. The van der Waals surface area contributed by atoms with E-state index in [0.29, 0.717) is 17.6 Å². The molecule has 0 bridgehead atoms. The first kappa shape index (κ1) is 17.7. The van der Waals surface area contributed by atoms with Gasteiger partial charge in [-0.05, 0) is 19.9 Å². The van der Waals surface area contributed by atoms with Crippen molar-refractivity contribution < 1.29 is 9.53 Å². The molecule has 1 aromatic carbocycles. The lowest BCUT2D eigenvalue weighted by Crippen LogP contribution is -2.28. The Hall–Kier alpha value is -3.15. The summed E-state index contributed by atoms with van der Waals surface area (Å²) in [7, 11) is 3.32. The minimum Gasteiger partial charge on any atom is -0.496 e. The van der Waals surface area contributed by atoms with Crippen molar-refractivity contribution in [2.75, 3.05) is 14.2 Å². The summed E-state index contributed by atoms with van der Waals surface area (Å²) in [5.41, 5.74) is 3.34. The summed E-state index contributed by atoms with van der Waals surface area (Å²) in [5, 5.41) is 0.718. The highest BCUT2D eigenvalue weighted by molar-refractivity contribution is 6.05. The molecule has 0 aliphatic heterocycles. The normalized spacial score (nSPS) is 10.8. The number of hydrogen-bond donors (Lipinski definition) is 1. The molecule has 1 amide bonds. The number of carbonyl (C=O) groups is 1. The van der Waals surface area contributed by atoms with Gasteiger partial charge in [-0.3, -0.25) is 14.6 Å². The number of aromatic amines is 1. The summed E-state index contributed by atoms with van der Waals surface area (Å²) >= 11 is 0.